The molecule has 1 unspecified atom stereocenters. The van der Waals surface area contributed by atoms with E-state index in [0.717, 1.165) is 25.8 Å². The van der Waals surface area contributed by atoms with Gasteiger partial charge in [0.1, 0.15) is 0 Å². The summed E-state index contributed by atoms with van der Waals surface area (Å²) in [5.41, 5.74) is 2.88. The molecular formula is C15H19ClN2O3. The first kappa shape index (κ1) is 17.2. The Bertz CT molecular complexity index is 599. The quantitative estimate of drug-likeness (QED) is 0.940. The van der Waals surface area contributed by atoms with Gasteiger partial charge in [-0.05, 0) is 48.4 Å². The molecule has 21 heavy (non-hydrogen) atoms. The summed E-state index contributed by atoms with van der Waals surface area (Å²) < 4.78 is 2.11. The highest BCUT2D eigenvalue weighted by Gasteiger charge is 2.20. The Kier molecular flexibility index (Phi) is 5.93. The molecule has 0 spiro atoms. The van der Waals surface area contributed by atoms with Crippen molar-refractivity contribution in [3.05, 3.63) is 53.6 Å². The summed E-state index contributed by atoms with van der Waals surface area (Å²) in [5, 5.41) is 9.00. The number of aromatic nitrogens is 2. The number of fused-ring (bicyclic) bond motifs is 1. The number of hydrogen-bond acceptors (Lipinski definition) is 2. The van der Waals surface area contributed by atoms with Crippen molar-refractivity contribution in [3.8, 4) is 0 Å². The SMILES string of the molecule is Cl.O.O=C(O)c1ccc2c(c1)CCC(Cn1ccnc1)C2. The van der Waals surface area contributed by atoms with Crippen molar-refractivity contribution in [1.82, 2.24) is 9.55 Å². The second kappa shape index (κ2) is 7.24. The van der Waals surface area contributed by atoms with Gasteiger partial charge in [-0.1, -0.05) is 6.07 Å². The topological polar surface area (TPSA) is 86.6 Å². The Morgan fingerprint density at radius 2 is 2.19 bits per heavy atom. The molecule has 1 aliphatic rings. The maximum atomic E-state index is 11.0. The van der Waals surface area contributed by atoms with Crippen molar-refractivity contribution < 1.29 is 15.4 Å². The lowest BCUT2D eigenvalue weighted by Crippen LogP contribution is -2.19. The summed E-state index contributed by atoms with van der Waals surface area (Å²) in [7, 11) is 0. The normalized spacial score (nSPS) is 16.3. The van der Waals surface area contributed by atoms with E-state index in [-0.39, 0.29) is 17.9 Å². The summed E-state index contributed by atoms with van der Waals surface area (Å²) in [5.74, 6) is -0.235. The van der Waals surface area contributed by atoms with Crippen LogP contribution in [-0.4, -0.2) is 26.1 Å². The van der Waals surface area contributed by atoms with Crippen LogP contribution in [0.15, 0.2) is 36.9 Å². The minimum absolute atomic E-state index is 0. The molecule has 0 bridgehead atoms. The average molecular weight is 311 g/mol. The molecule has 1 aromatic carbocycles. The van der Waals surface area contributed by atoms with E-state index < -0.39 is 5.97 Å². The zero-order chi connectivity index (χ0) is 13.2. The maximum Gasteiger partial charge on any atom is 0.335 e. The number of aryl methyl sites for hydroxylation is 1. The first-order valence-corrected chi connectivity index (χ1v) is 6.53. The summed E-state index contributed by atoms with van der Waals surface area (Å²) in [4.78, 5) is 15.0. The summed E-state index contributed by atoms with van der Waals surface area (Å²) >= 11 is 0. The molecule has 114 valence electrons. The van der Waals surface area contributed by atoms with Crippen LogP contribution in [0, 0.1) is 5.92 Å². The Balaban J connectivity index is 0.00000110. The van der Waals surface area contributed by atoms with Crippen LogP contribution in [0.2, 0.25) is 0 Å². The summed E-state index contributed by atoms with van der Waals surface area (Å²) in [6, 6.07) is 5.50. The van der Waals surface area contributed by atoms with Crippen molar-refractivity contribution in [2.75, 3.05) is 0 Å². The molecule has 1 atom stereocenters. The van der Waals surface area contributed by atoms with E-state index in [4.69, 9.17) is 5.11 Å². The van der Waals surface area contributed by atoms with Gasteiger partial charge in [-0.25, -0.2) is 9.78 Å². The van der Waals surface area contributed by atoms with Crippen LogP contribution >= 0.6 is 12.4 Å². The van der Waals surface area contributed by atoms with Crippen molar-refractivity contribution in [2.24, 2.45) is 5.92 Å². The number of hydrogen-bond donors (Lipinski definition) is 1. The summed E-state index contributed by atoms with van der Waals surface area (Å²) in [6.45, 7) is 0.986. The van der Waals surface area contributed by atoms with E-state index in [2.05, 4.69) is 9.55 Å². The number of imidazole rings is 1. The fourth-order valence-corrected chi connectivity index (χ4v) is 2.81. The first-order chi connectivity index (χ1) is 9.22. The van der Waals surface area contributed by atoms with E-state index >= 15 is 0 Å². The highest BCUT2D eigenvalue weighted by molar-refractivity contribution is 5.87. The molecule has 1 aromatic heterocycles. The lowest BCUT2D eigenvalue weighted by molar-refractivity contribution is 0.0696. The Morgan fingerprint density at radius 1 is 1.38 bits per heavy atom. The molecule has 0 radical (unpaired) electrons. The van der Waals surface area contributed by atoms with Gasteiger partial charge in [0.05, 0.1) is 11.9 Å². The van der Waals surface area contributed by atoms with Gasteiger partial charge in [0.2, 0.25) is 0 Å². The molecule has 1 heterocycles. The average Bonchev–Trinajstić information content (AvgIpc) is 2.91. The van der Waals surface area contributed by atoms with Crippen LogP contribution < -0.4 is 0 Å². The minimum Gasteiger partial charge on any atom is -0.478 e. The fourth-order valence-electron chi connectivity index (χ4n) is 2.81. The van der Waals surface area contributed by atoms with E-state index in [9.17, 15) is 4.79 Å². The number of carbonyl (C=O) groups is 1. The molecule has 0 aliphatic heterocycles. The van der Waals surface area contributed by atoms with Crippen molar-refractivity contribution >= 4 is 18.4 Å². The number of carboxylic acids is 1. The van der Waals surface area contributed by atoms with Crippen molar-refractivity contribution in [2.45, 2.75) is 25.8 Å². The second-order valence-electron chi connectivity index (χ2n) is 5.16. The monoisotopic (exact) mass is 310 g/mol. The largest absolute Gasteiger partial charge is 0.478 e. The molecule has 5 nitrogen and oxygen atoms in total. The third-order valence-corrected chi connectivity index (χ3v) is 3.81. The lowest BCUT2D eigenvalue weighted by Gasteiger charge is -2.25. The van der Waals surface area contributed by atoms with Gasteiger partial charge in [0.25, 0.3) is 0 Å². The van der Waals surface area contributed by atoms with Crippen LogP contribution in [-0.2, 0) is 19.4 Å². The van der Waals surface area contributed by atoms with Crippen LogP contribution in [0.25, 0.3) is 0 Å². The van der Waals surface area contributed by atoms with Crippen LogP contribution in [0.4, 0.5) is 0 Å². The summed E-state index contributed by atoms with van der Waals surface area (Å²) in [6.07, 6.45) is 8.74. The molecule has 3 N–H and O–H groups in total. The van der Waals surface area contributed by atoms with Gasteiger partial charge in [-0.2, -0.15) is 0 Å². The van der Waals surface area contributed by atoms with Gasteiger partial charge in [-0.15, -0.1) is 12.4 Å². The van der Waals surface area contributed by atoms with Crippen LogP contribution in [0.5, 0.6) is 0 Å². The molecule has 3 rings (SSSR count). The van der Waals surface area contributed by atoms with Gasteiger partial charge >= 0.3 is 5.97 Å². The molecular weight excluding hydrogens is 292 g/mol. The van der Waals surface area contributed by atoms with Gasteiger partial charge in [0, 0.05) is 18.9 Å². The van der Waals surface area contributed by atoms with Crippen molar-refractivity contribution in [3.63, 3.8) is 0 Å². The van der Waals surface area contributed by atoms with Gasteiger partial charge in [-0.3, -0.25) is 0 Å². The highest BCUT2D eigenvalue weighted by Crippen LogP contribution is 2.27. The van der Waals surface area contributed by atoms with E-state index in [1.807, 2.05) is 24.7 Å². The zero-order valence-corrected chi connectivity index (χ0v) is 12.3. The second-order valence-corrected chi connectivity index (χ2v) is 5.16. The lowest BCUT2D eigenvalue weighted by atomic mass is 9.83. The molecule has 0 fully saturated rings. The molecule has 2 aromatic rings. The van der Waals surface area contributed by atoms with Gasteiger partial charge in [0.15, 0.2) is 0 Å². The number of carboxylic acid groups (broad SMARTS) is 1. The standard InChI is InChI=1S/C15H16N2O2.ClH.H2O/c18-15(19)14-4-3-12-7-11(1-2-13(12)8-14)9-17-6-5-16-10-17;;/h3-6,8,10-11H,1-2,7,9H2,(H,18,19);1H;1H2. The minimum atomic E-state index is -0.844. The van der Waals surface area contributed by atoms with Crippen LogP contribution in [0.3, 0.4) is 0 Å². The Hall–Kier alpha value is -1.85. The predicted molar refractivity (Wildman–Crippen MR) is 82.0 cm³/mol. The number of benzene rings is 1. The molecule has 0 saturated heterocycles. The third-order valence-electron chi connectivity index (χ3n) is 3.81. The number of rotatable bonds is 3. The smallest absolute Gasteiger partial charge is 0.335 e. The van der Waals surface area contributed by atoms with Gasteiger partial charge < -0.3 is 15.1 Å². The number of nitrogens with zero attached hydrogens (tertiary/aromatic N) is 2. The van der Waals surface area contributed by atoms with E-state index in [0.29, 0.717) is 11.5 Å². The fraction of sp³-hybridized carbons (Fsp3) is 0.333. The zero-order valence-electron chi connectivity index (χ0n) is 11.5. The molecule has 0 saturated carbocycles. The van der Waals surface area contributed by atoms with Crippen molar-refractivity contribution in [1.29, 1.82) is 0 Å². The molecule has 0 amide bonds. The number of halogens is 1. The van der Waals surface area contributed by atoms with Crippen LogP contribution in [0.1, 0.15) is 27.9 Å². The number of aromatic carboxylic acids is 1. The Labute approximate surface area is 129 Å². The maximum absolute atomic E-state index is 11.0. The molecule has 6 heteroatoms. The third kappa shape index (κ3) is 3.83. The Morgan fingerprint density at radius 3 is 2.86 bits per heavy atom. The first-order valence-electron chi connectivity index (χ1n) is 6.53. The molecule has 1 aliphatic carbocycles. The van der Waals surface area contributed by atoms with E-state index in [1.54, 1.807) is 12.3 Å². The highest BCUT2D eigenvalue weighted by atomic mass is 35.5. The predicted octanol–water partition coefficient (Wildman–Crippen LogP) is 1.98. The van der Waals surface area contributed by atoms with E-state index in [1.165, 1.54) is 11.1 Å².